The number of cyclic esters (lactones) is 1. The lowest BCUT2D eigenvalue weighted by Crippen LogP contribution is -2.25. The zero-order chi connectivity index (χ0) is 8.55. The topological polar surface area (TPSA) is 43.4 Å². The fourth-order valence-corrected chi connectivity index (χ4v) is 1.86. The summed E-state index contributed by atoms with van der Waals surface area (Å²) < 4.78 is 5.14. The number of rotatable bonds is 2. The van der Waals surface area contributed by atoms with E-state index in [-0.39, 0.29) is 18.0 Å². The van der Waals surface area contributed by atoms with Gasteiger partial charge in [-0.1, -0.05) is 0 Å². The standard InChI is InChI=1S/C9H12O3/c10-5-6-4-7(6)8-2-1-3-9(11)12-8/h5-8H,1-4H2/t6-,7+,8+/m1/s1. The smallest absolute Gasteiger partial charge is 0.306 e. The quantitative estimate of drug-likeness (QED) is 0.455. The van der Waals surface area contributed by atoms with Crippen LogP contribution in [-0.4, -0.2) is 18.4 Å². The summed E-state index contributed by atoms with van der Waals surface area (Å²) in [7, 11) is 0. The molecule has 0 aromatic heterocycles. The Kier molecular flexibility index (Phi) is 1.87. The molecular weight excluding hydrogens is 156 g/mol. The molecule has 0 aromatic rings. The molecule has 0 spiro atoms. The van der Waals surface area contributed by atoms with Gasteiger partial charge in [-0.25, -0.2) is 0 Å². The molecule has 3 atom stereocenters. The Labute approximate surface area is 71.1 Å². The van der Waals surface area contributed by atoms with Gasteiger partial charge in [0.25, 0.3) is 0 Å². The van der Waals surface area contributed by atoms with Crippen molar-refractivity contribution in [2.75, 3.05) is 0 Å². The molecule has 2 fully saturated rings. The van der Waals surface area contributed by atoms with E-state index < -0.39 is 0 Å². The molecule has 3 nitrogen and oxygen atoms in total. The van der Waals surface area contributed by atoms with Crippen molar-refractivity contribution < 1.29 is 14.3 Å². The summed E-state index contributed by atoms with van der Waals surface area (Å²) in [6, 6.07) is 0. The first-order chi connectivity index (χ1) is 5.81. The fourth-order valence-electron chi connectivity index (χ4n) is 1.86. The molecular formula is C9H12O3. The van der Waals surface area contributed by atoms with Crippen LogP contribution in [0.2, 0.25) is 0 Å². The largest absolute Gasteiger partial charge is 0.462 e. The lowest BCUT2D eigenvalue weighted by Gasteiger charge is -2.21. The van der Waals surface area contributed by atoms with Crippen molar-refractivity contribution in [3.05, 3.63) is 0 Å². The van der Waals surface area contributed by atoms with Gasteiger partial charge in [-0.3, -0.25) is 4.79 Å². The summed E-state index contributed by atoms with van der Waals surface area (Å²) in [6.07, 6.45) is 4.36. The third-order valence-corrected chi connectivity index (χ3v) is 2.70. The monoisotopic (exact) mass is 168 g/mol. The molecule has 1 aliphatic heterocycles. The molecule has 1 heterocycles. The Balaban J connectivity index is 1.88. The van der Waals surface area contributed by atoms with Crippen LogP contribution < -0.4 is 0 Å². The Bertz CT molecular complexity index is 212. The minimum atomic E-state index is -0.0946. The Hall–Kier alpha value is -0.860. The van der Waals surface area contributed by atoms with Crippen LogP contribution in [0.15, 0.2) is 0 Å². The summed E-state index contributed by atoms with van der Waals surface area (Å²) in [6.45, 7) is 0. The number of aldehydes is 1. The van der Waals surface area contributed by atoms with Gasteiger partial charge in [0.2, 0.25) is 0 Å². The molecule has 1 saturated heterocycles. The Morgan fingerprint density at radius 2 is 2.33 bits per heavy atom. The van der Waals surface area contributed by atoms with Gasteiger partial charge in [0, 0.05) is 18.3 Å². The first-order valence-corrected chi connectivity index (χ1v) is 4.46. The predicted molar refractivity (Wildman–Crippen MR) is 41.4 cm³/mol. The third kappa shape index (κ3) is 1.36. The Morgan fingerprint density at radius 1 is 1.50 bits per heavy atom. The zero-order valence-electron chi connectivity index (χ0n) is 6.86. The maximum atomic E-state index is 10.9. The van der Waals surface area contributed by atoms with E-state index in [4.69, 9.17) is 4.74 Å². The molecule has 66 valence electrons. The molecule has 3 heteroatoms. The van der Waals surface area contributed by atoms with Gasteiger partial charge in [-0.05, 0) is 19.3 Å². The van der Waals surface area contributed by atoms with Crippen LogP contribution in [0.5, 0.6) is 0 Å². The zero-order valence-corrected chi connectivity index (χ0v) is 6.86. The van der Waals surface area contributed by atoms with Crippen molar-refractivity contribution in [3.63, 3.8) is 0 Å². The summed E-state index contributed by atoms with van der Waals surface area (Å²) in [5.41, 5.74) is 0. The summed E-state index contributed by atoms with van der Waals surface area (Å²) in [4.78, 5) is 21.3. The van der Waals surface area contributed by atoms with Gasteiger partial charge < -0.3 is 9.53 Å². The molecule has 0 bridgehead atoms. The maximum Gasteiger partial charge on any atom is 0.306 e. The molecule has 0 amide bonds. The molecule has 0 unspecified atom stereocenters. The SMILES string of the molecule is O=C[C@H]1C[C@@H]1[C@@H]1CCCC(=O)O1. The van der Waals surface area contributed by atoms with Crippen LogP contribution in [0, 0.1) is 11.8 Å². The van der Waals surface area contributed by atoms with Crippen molar-refractivity contribution >= 4 is 12.3 Å². The van der Waals surface area contributed by atoms with E-state index in [1.807, 2.05) is 0 Å². The van der Waals surface area contributed by atoms with Crippen LogP contribution >= 0.6 is 0 Å². The highest BCUT2D eigenvalue weighted by atomic mass is 16.5. The minimum Gasteiger partial charge on any atom is -0.462 e. The summed E-state index contributed by atoms with van der Waals surface area (Å²) >= 11 is 0. The minimum absolute atomic E-state index is 0.0430. The molecule has 0 radical (unpaired) electrons. The summed E-state index contributed by atoms with van der Waals surface area (Å²) in [5, 5.41) is 0. The van der Waals surface area contributed by atoms with E-state index in [0.29, 0.717) is 12.3 Å². The number of esters is 1. The van der Waals surface area contributed by atoms with E-state index in [2.05, 4.69) is 0 Å². The average Bonchev–Trinajstić information content (AvgIpc) is 2.83. The van der Waals surface area contributed by atoms with E-state index >= 15 is 0 Å². The highest BCUT2D eigenvalue weighted by molar-refractivity contribution is 5.70. The predicted octanol–water partition coefficient (Wildman–Crippen LogP) is 0.917. The van der Waals surface area contributed by atoms with Crippen LogP contribution in [0.3, 0.4) is 0 Å². The maximum absolute atomic E-state index is 10.9. The molecule has 0 N–H and O–H groups in total. The summed E-state index contributed by atoms with van der Waals surface area (Å²) in [5.74, 6) is 0.412. The number of ether oxygens (including phenoxy) is 1. The fraction of sp³-hybridized carbons (Fsp3) is 0.778. The number of carbonyl (C=O) groups is 2. The van der Waals surface area contributed by atoms with Gasteiger partial charge in [0.15, 0.2) is 0 Å². The van der Waals surface area contributed by atoms with Crippen molar-refractivity contribution in [1.29, 1.82) is 0 Å². The highest BCUT2D eigenvalue weighted by Crippen LogP contribution is 2.43. The molecule has 1 aliphatic carbocycles. The lowest BCUT2D eigenvalue weighted by atomic mass is 10.0. The van der Waals surface area contributed by atoms with E-state index in [0.717, 1.165) is 25.5 Å². The molecule has 1 saturated carbocycles. The number of hydrogen-bond donors (Lipinski definition) is 0. The highest BCUT2D eigenvalue weighted by Gasteiger charge is 2.45. The van der Waals surface area contributed by atoms with Gasteiger partial charge in [-0.15, -0.1) is 0 Å². The second-order valence-corrected chi connectivity index (χ2v) is 3.62. The second kappa shape index (κ2) is 2.88. The average molecular weight is 168 g/mol. The van der Waals surface area contributed by atoms with Crippen molar-refractivity contribution in [1.82, 2.24) is 0 Å². The van der Waals surface area contributed by atoms with Crippen LogP contribution in [0.4, 0.5) is 0 Å². The van der Waals surface area contributed by atoms with Crippen molar-refractivity contribution in [2.24, 2.45) is 11.8 Å². The van der Waals surface area contributed by atoms with Gasteiger partial charge in [-0.2, -0.15) is 0 Å². The third-order valence-electron chi connectivity index (χ3n) is 2.70. The first-order valence-electron chi connectivity index (χ1n) is 4.46. The lowest BCUT2D eigenvalue weighted by molar-refractivity contribution is -0.155. The number of hydrogen-bond acceptors (Lipinski definition) is 3. The van der Waals surface area contributed by atoms with E-state index in [9.17, 15) is 9.59 Å². The van der Waals surface area contributed by atoms with Crippen molar-refractivity contribution in [3.8, 4) is 0 Å². The van der Waals surface area contributed by atoms with Gasteiger partial charge in [0.05, 0.1) is 0 Å². The van der Waals surface area contributed by atoms with Gasteiger partial charge >= 0.3 is 5.97 Å². The number of carbonyl (C=O) groups excluding carboxylic acids is 2. The van der Waals surface area contributed by atoms with Crippen LogP contribution in [0.25, 0.3) is 0 Å². The van der Waals surface area contributed by atoms with E-state index in [1.54, 1.807) is 0 Å². The second-order valence-electron chi connectivity index (χ2n) is 3.62. The first kappa shape index (κ1) is 7.77. The molecule has 2 rings (SSSR count). The van der Waals surface area contributed by atoms with Crippen molar-refractivity contribution in [2.45, 2.75) is 31.8 Å². The van der Waals surface area contributed by atoms with Gasteiger partial charge in [0.1, 0.15) is 12.4 Å². The van der Waals surface area contributed by atoms with Crippen LogP contribution in [-0.2, 0) is 14.3 Å². The molecule has 0 aromatic carbocycles. The van der Waals surface area contributed by atoms with E-state index in [1.165, 1.54) is 0 Å². The normalized spacial score (nSPS) is 40.3. The molecule has 12 heavy (non-hydrogen) atoms. The van der Waals surface area contributed by atoms with Crippen LogP contribution in [0.1, 0.15) is 25.7 Å². The Morgan fingerprint density at radius 3 is 2.92 bits per heavy atom. The molecule has 2 aliphatic rings.